The van der Waals surface area contributed by atoms with Crippen molar-refractivity contribution in [3.8, 4) is 0 Å². The fraction of sp³-hybridized carbons (Fsp3) is 0.385. The van der Waals surface area contributed by atoms with Gasteiger partial charge in [-0.15, -0.1) is 0 Å². The number of carbonyl (C=O) groups is 1. The van der Waals surface area contributed by atoms with E-state index in [1.165, 1.54) is 0 Å². The summed E-state index contributed by atoms with van der Waals surface area (Å²) in [6, 6.07) is 1.69. The van der Waals surface area contributed by atoms with Crippen LogP contribution in [0.15, 0.2) is 28.1 Å². The molecular formula is C13H16N2O3S2. The number of carbonyl (C=O) groups excluding carboxylic acids is 1. The summed E-state index contributed by atoms with van der Waals surface area (Å²) in [6.07, 6.45) is 0. The van der Waals surface area contributed by atoms with Crippen LogP contribution in [0.2, 0.25) is 0 Å². The number of allylic oxidation sites excluding steroid dienone is 1. The van der Waals surface area contributed by atoms with E-state index in [4.69, 9.17) is 21.7 Å². The van der Waals surface area contributed by atoms with Crippen LogP contribution in [0.4, 0.5) is 0 Å². The van der Waals surface area contributed by atoms with Crippen molar-refractivity contribution in [3.05, 3.63) is 33.7 Å². The predicted octanol–water partition coefficient (Wildman–Crippen LogP) is 1.73. The number of esters is 1. The molecule has 2 N–H and O–H groups in total. The van der Waals surface area contributed by atoms with Gasteiger partial charge >= 0.3 is 5.97 Å². The molecule has 1 aromatic heterocycles. The second kappa shape index (κ2) is 6.83. The minimum atomic E-state index is -0.363. The summed E-state index contributed by atoms with van der Waals surface area (Å²) in [4.78, 5) is 12.2. The molecule has 1 atom stereocenters. The Hall–Kier alpha value is -1.44. The molecule has 7 heteroatoms. The van der Waals surface area contributed by atoms with Crippen LogP contribution in [0.5, 0.6) is 0 Å². The molecule has 0 saturated carbocycles. The van der Waals surface area contributed by atoms with Gasteiger partial charge in [0.25, 0.3) is 0 Å². The molecule has 1 aromatic rings. The quantitative estimate of drug-likeness (QED) is 0.490. The molecule has 1 aliphatic rings. The van der Waals surface area contributed by atoms with Crippen LogP contribution in [0, 0.1) is 0 Å². The lowest BCUT2D eigenvalue weighted by Gasteiger charge is -2.29. The molecular weight excluding hydrogens is 296 g/mol. The number of rotatable bonds is 5. The normalized spacial score (nSPS) is 18.5. The summed E-state index contributed by atoms with van der Waals surface area (Å²) in [7, 11) is 1.56. The molecule has 2 rings (SSSR count). The van der Waals surface area contributed by atoms with E-state index in [1.54, 1.807) is 18.4 Å². The number of thiophene rings is 1. The van der Waals surface area contributed by atoms with Gasteiger partial charge in [0.1, 0.15) is 6.61 Å². The highest BCUT2D eigenvalue weighted by atomic mass is 32.1. The SMILES string of the molecule is COCCOC(=O)C1=C(C)NC(=S)N[C@H]1c1ccsc1. The van der Waals surface area contributed by atoms with Gasteiger partial charge in [0, 0.05) is 12.8 Å². The Kier molecular flexibility index (Phi) is 5.11. The fourth-order valence-corrected chi connectivity index (χ4v) is 2.91. The van der Waals surface area contributed by atoms with Gasteiger partial charge < -0.3 is 20.1 Å². The van der Waals surface area contributed by atoms with Gasteiger partial charge in [-0.05, 0) is 41.5 Å². The third kappa shape index (κ3) is 3.36. The highest BCUT2D eigenvalue weighted by molar-refractivity contribution is 7.80. The van der Waals surface area contributed by atoms with E-state index in [0.29, 0.717) is 23.0 Å². The van der Waals surface area contributed by atoms with Gasteiger partial charge in [-0.3, -0.25) is 0 Å². The predicted molar refractivity (Wildman–Crippen MR) is 81.5 cm³/mol. The maximum Gasteiger partial charge on any atom is 0.338 e. The number of methoxy groups -OCH3 is 1. The Balaban J connectivity index is 2.22. The molecule has 0 aliphatic carbocycles. The molecule has 20 heavy (non-hydrogen) atoms. The summed E-state index contributed by atoms with van der Waals surface area (Å²) < 4.78 is 10.1. The van der Waals surface area contributed by atoms with Crippen LogP contribution < -0.4 is 10.6 Å². The van der Waals surface area contributed by atoms with Gasteiger partial charge in [-0.2, -0.15) is 11.3 Å². The smallest absolute Gasteiger partial charge is 0.338 e. The Morgan fingerprint density at radius 1 is 1.50 bits per heavy atom. The average molecular weight is 312 g/mol. The monoisotopic (exact) mass is 312 g/mol. The van der Waals surface area contributed by atoms with Gasteiger partial charge in [-0.25, -0.2) is 4.79 Å². The summed E-state index contributed by atoms with van der Waals surface area (Å²) in [6.45, 7) is 2.42. The van der Waals surface area contributed by atoms with E-state index in [1.807, 2.05) is 23.8 Å². The molecule has 0 unspecified atom stereocenters. The first-order valence-corrected chi connectivity index (χ1v) is 7.45. The summed E-state index contributed by atoms with van der Waals surface area (Å²) in [5.74, 6) is -0.363. The molecule has 1 aliphatic heterocycles. The second-order valence-electron chi connectivity index (χ2n) is 4.26. The van der Waals surface area contributed by atoms with E-state index >= 15 is 0 Å². The zero-order valence-electron chi connectivity index (χ0n) is 11.3. The fourth-order valence-electron chi connectivity index (χ4n) is 1.95. The highest BCUT2D eigenvalue weighted by Crippen LogP contribution is 2.28. The van der Waals surface area contributed by atoms with Crippen molar-refractivity contribution in [2.75, 3.05) is 20.3 Å². The van der Waals surface area contributed by atoms with Crippen molar-refractivity contribution >= 4 is 34.6 Å². The maximum atomic E-state index is 12.2. The lowest BCUT2D eigenvalue weighted by atomic mass is 9.98. The molecule has 0 aromatic carbocycles. The zero-order chi connectivity index (χ0) is 14.5. The molecule has 0 fully saturated rings. The number of ether oxygens (including phenoxy) is 2. The van der Waals surface area contributed by atoms with Crippen molar-refractivity contribution in [2.45, 2.75) is 13.0 Å². The third-order valence-electron chi connectivity index (χ3n) is 2.89. The summed E-state index contributed by atoms with van der Waals surface area (Å²) in [5, 5.41) is 10.5. The number of thiocarbonyl (C=S) groups is 1. The highest BCUT2D eigenvalue weighted by Gasteiger charge is 2.31. The van der Waals surface area contributed by atoms with Gasteiger partial charge in [0.2, 0.25) is 0 Å². The molecule has 0 radical (unpaired) electrons. The second-order valence-corrected chi connectivity index (χ2v) is 5.44. The van der Waals surface area contributed by atoms with E-state index in [-0.39, 0.29) is 18.6 Å². The van der Waals surface area contributed by atoms with Crippen LogP contribution >= 0.6 is 23.6 Å². The number of nitrogens with one attached hydrogen (secondary N) is 2. The van der Waals surface area contributed by atoms with Crippen LogP contribution in [0.25, 0.3) is 0 Å². The average Bonchev–Trinajstić information content (AvgIpc) is 2.91. The van der Waals surface area contributed by atoms with E-state index in [0.717, 1.165) is 5.56 Å². The minimum absolute atomic E-state index is 0.229. The van der Waals surface area contributed by atoms with Crippen molar-refractivity contribution in [1.82, 2.24) is 10.6 Å². The first kappa shape index (κ1) is 15.0. The third-order valence-corrected chi connectivity index (χ3v) is 3.81. The van der Waals surface area contributed by atoms with Crippen molar-refractivity contribution < 1.29 is 14.3 Å². The summed E-state index contributed by atoms with van der Waals surface area (Å²) in [5.41, 5.74) is 2.26. The van der Waals surface area contributed by atoms with Gasteiger partial charge in [0.15, 0.2) is 5.11 Å². The van der Waals surface area contributed by atoms with Crippen molar-refractivity contribution in [1.29, 1.82) is 0 Å². The van der Waals surface area contributed by atoms with Crippen LogP contribution in [0.1, 0.15) is 18.5 Å². The Morgan fingerprint density at radius 3 is 2.95 bits per heavy atom. The Bertz CT molecular complexity index is 526. The maximum absolute atomic E-state index is 12.2. The molecule has 0 saturated heterocycles. The largest absolute Gasteiger partial charge is 0.460 e. The first-order chi connectivity index (χ1) is 9.63. The van der Waals surface area contributed by atoms with E-state index in [2.05, 4.69) is 10.6 Å². The lowest BCUT2D eigenvalue weighted by Crippen LogP contribution is -2.45. The molecule has 0 amide bonds. The molecule has 108 valence electrons. The minimum Gasteiger partial charge on any atom is -0.460 e. The topological polar surface area (TPSA) is 59.6 Å². The number of hydrogen-bond acceptors (Lipinski definition) is 5. The number of hydrogen-bond donors (Lipinski definition) is 2. The molecule has 2 heterocycles. The molecule has 5 nitrogen and oxygen atoms in total. The van der Waals surface area contributed by atoms with Crippen molar-refractivity contribution in [3.63, 3.8) is 0 Å². The van der Waals surface area contributed by atoms with Crippen LogP contribution in [-0.4, -0.2) is 31.4 Å². The lowest BCUT2D eigenvalue weighted by molar-refractivity contribution is -0.140. The standard InChI is InChI=1S/C13H16N2O3S2/c1-8-10(12(16)18-5-4-17-2)11(15-13(19)14-8)9-3-6-20-7-9/h3,6-7,11H,4-5H2,1-2H3,(H2,14,15,19)/t11-/m0/s1. The van der Waals surface area contributed by atoms with Crippen LogP contribution in [-0.2, 0) is 14.3 Å². The van der Waals surface area contributed by atoms with Gasteiger partial charge in [0.05, 0.1) is 18.2 Å². The first-order valence-electron chi connectivity index (χ1n) is 6.10. The zero-order valence-corrected chi connectivity index (χ0v) is 12.9. The molecule has 0 spiro atoms. The van der Waals surface area contributed by atoms with E-state index in [9.17, 15) is 4.79 Å². The Labute approximate surface area is 127 Å². The van der Waals surface area contributed by atoms with Gasteiger partial charge in [-0.1, -0.05) is 0 Å². The summed E-state index contributed by atoms with van der Waals surface area (Å²) >= 11 is 6.73. The molecule has 0 bridgehead atoms. The van der Waals surface area contributed by atoms with Crippen molar-refractivity contribution in [2.24, 2.45) is 0 Å². The Morgan fingerprint density at radius 2 is 2.30 bits per heavy atom. The van der Waals surface area contributed by atoms with E-state index < -0.39 is 0 Å². The van der Waals surface area contributed by atoms with Crippen LogP contribution in [0.3, 0.4) is 0 Å².